The Balaban J connectivity index is 1.32. The molecule has 47 heavy (non-hydrogen) atoms. The Morgan fingerprint density at radius 1 is 0.830 bits per heavy atom. The van der Waals surface area contributed by atoms with Gasteiger partial charge in [-0.25, -0.2) is 13.2 Å². The summed E-state index contributed by atoms with van der Waals surface area (Å²) in [4.78, 5) is 29.0. The molecule has 0 atom stereocenters. The van der Waals surface area contributed by atoms with E-state index in [-0.39, 0.29) is 23.1 Å². The van der Waals surface area contributed by atoms with Crippen molar-refractivity contribution in [1.29, 1.82) is 0 Å². The molecule has 1 fully saturated rings. The molecule has 0 radical (unpaired) electrons. The van der Waals surface area contributed by atoms with E-state index in [2.05, 4.69) is 4.90 Å². The van der Waals surface area contributed by atoms with Crippen molar-refractivity contribution in [2.75, 3.05) is 41.9 Å². The molecule has 242 valence electrons. The summed E-state index contributed by atoms with van der Waals surface area (Å²) in [5, 5.41) is 9.98. The van der Waals surface area contributed by atoms with Gasteiger partial charge >= 0.3 is 5.97 Å². The second kappa shape index (κ2) is 13.0. The fourth-order valence-corrected chi connectivity index (χ4v) is 7.59. The highest BCUT2D eigenvalue weighted by atomic mass is 32.2. The number of benzene rings is 4. The molecule has 5 aromatic rings. The zero-order chi connectivity index (χ0) is 33.3. The van der Waals surface area contributed by atoms with Gasteiger partial charge < -0.3 is 19.3 Å². The van der Waals surface area contributed by atoms with Crippen molar-refractivity contribution < 1.29 is 27.5 Å². The quantitative estimate of drug-likeness (QED) is 0.195. The zero-order valence-corrected chi connectivity index (χ0v) is 27.5. The zero-order valence-electron chi connectivity index (χ0n) is 26.6. The van der Waals surface area contributed by atoms with Gasteiger partial charge in [-0.05, 0) is 86.3 Å². The number of rotatable bonds is 9. The molecule has 1 amide bonds. The average Bonchev–Trinajstić information content (AvgIpc) is 3.42. The molecule has 0 saturated carbocycles. The van der Waals surface area contributed by atoms with Crippen molar-refractivity contribution in [3.63, 3.8) is 0 Å². The number of sulfonamides is 1. The lowest BCUT2D eigenvalue weighted by Gasteiger charge is -2.38. The first-order chi connectivity index (χ1) is 22.5. The number of amides is 1. The minimum absolute atomic E-state index is 0.0101. The normalized spacial score (nSPS) is 13.6. The van der Waals surface area contributed by atoms with Gasteiger partial charge in [-0.3, -0.25) is 9.10 Å². The lowest BCUT2D eigenvalue weighted by molar-refractivity contribution is 0.0663. The van der Waals surface area contributed by atoms with Gasteiger partial charge in [-0.2, -0.15) is 0 Å². The van der Waals surface area contributed by atoms with Gasteiger partial charge in [0.2, 0.25) is 5.76 Å². The first kappa shape index (κ1) is 31.9. The van der Waals surface area contributed by atoms with Gasteiger partial charge in [0.15, 0.2) is 0 Å². The maximum absolute atomic E-state index is 14.5. The summed E-state index contributed by atoms with van der Waals surface area (Å²) in [5.74, 6) is -1.43. The second-order valence-corrected chi connectivity index (χ2v) is 13.8. The Kier molecular flexibility index (Phi) is 8.79. The first-order valence-corrected chi connectivity index (χ1v) is 17.0. The molecule has 1 N–H and O–H groups in total. The highest BCUT2D eigenvalue weighted by Crippen LogP contribution is 2.36. The smallest absolute Gasteiger partial charge is 0.372 e. The molecule has 6 rings (SSSR count). The van der Waals surface area contributed by atoms with E-state index in [4.69, 9.17) is 4.42 Å². The predicted octanol–water partition coefficient (Wildman–Crippen LogP) is 6.46. The summed E-state index contributed by atoms with van der Waals surface area (Å²) in [5.41, 5.74) is 5.85. The van der Waals surface area contributed by atoms with Crippen LogP contribution in [-0.2, 0) is 16.4 Å². The predicted molar refractivity (Wildman–Crippen MR) is 183 cm³/mol. The van der Waals surface area contributed by atoms with Crippen LogP contribution in [0.1, 0.15) is 43.2 Å². The highest BCUT2D eigenvalue weighted by Gasteiger charge is 2.31. The molecule has 0 spiro atoms. The van der Waals surface area contributed by atoms with Crippen molar-refractivity contribution in [3.8, 4) is 0 Å². The van der Waals surface area contributed by atoms with Crippen molar-refractivity contribution in [3.05, 3.63) is 125 Å². The van der Waals surface area contributed by atoms with Crippen LogP contribution in [0.3, 0.4) is 0 Å². The SMILES string of the molecule is Cc1ccc(C(=O)N2CCN(c3ccccc3N(CCc3ccccc3)S(=O)(=O)c3ccc4oc(C(=O)O)c(C)c4c3)CC2)cc1C. The van der Waals surface area contributed by atoms with Crippen LogP contribution >= 0.6 is 0 Å². The first-order valence-electron chi connectivity index (χ1n) is 15.6. The monoisotopic (exact) mass is 651 g/mol. The molecule has 2 heterocycles. The van der Waals surface area contributed by atoms with E-state index in [9.17, 15) is 23.1 Å². The summed E-state index contributed by atoms with van der Waals surface area (Å²) < 4.78 is 36.0. The molecular formula is C37H37N3O6S. The van der Waals surface area contributed by atoms with Crippen LogP contribution in [0.4, 0.5) is 11.4 Å². The van der Waals surface area contributed by atoms with Crippen molar-refractivity contribution in [2.45, 2.75) is 32.1 Å². The van der Waals surface area contributed by atoms with Gasteiger partial charge in [0.1, 0.15) is 5.58 Å². The number of carbonyl (C=O) groups excluding carboxylic acids is 1. The van der Waals surface area contributed by atoms with Crippen LogP contribution < -0.4 is 9.21 Å². The molecule has 0 unspecified atom stereocenters. The number of furan rings is 1. The van der Waals surface area contributed by atoms with Gasteiger partial charge in [0.05, 0.1) is 16.3 Å². The number of fused-ring (bicyclic) bond motifs is 1. The molecule has 0 bridgehead atoms. The third-order valence-corrected chi connectivity index (χ3v) is 10.8. The van der Waals surface area contributed by atoms with E-state index in [1.165, 1.54) is 22.5 Å². The number of hydrogen-bond donors (Lipinski definition) is 1. The summed E-state index contributed by atoms with van der Waals surface area (Å²) >= 11 is 0. The van der Waals surface area contributed by atoms with E-state index in [1.807, 2.05) is 91.5 Å². The Morgan fingerprint density at radius 2 is 1.53 bits per heavy atom. The number of piperazine rings is 1. The van der Waals surface area contributed by atoms with Crippen LogP contribution in [-0.4, -0.2) is 63.0 Å². The molecule has 10 heteroatoms. The number of para-hydroxylation sites is 2. The van der Waals surface area contributed by atoms with Crippen LogP contribution in [0.25, 0.3) is 11.0 Å². The number of carboxylic acid groups (broad SMARTS) is 1. The van der Waals surface area contributed by atoms with E-state index in [0.29, 0.717) is 60.4 Å². The maximum atomic E-state index is 14.5. The van der Waals surface area contributed by atoms with Gasteiger partial charge in [0, 0.05) is 49.2 Å². The standard InChI is InChI=1S/C37H37N3O6S/c1-25-13-14-29(23-26(25)2)36(41)39-21-19-38(20-22-39)32-11-7-8-12-33(32)40(18-17-28-9-5-4-6-10-28)47(44,45)30-15-16-34-31(24-30)27(3)35(46-34)37(42)43/h4-16,23-24H,17-22H2,1-3H3,(H,42,43). The number of carbonyl (C=O) groups is 2. The molecule has 0 aliphatic carbocycles. The highest BCUT2D eigenvalue weighted by molar-refractivity contribution is 7.92. The van der Waals surface area contributed by atoms with Gasteiger partial charge in [-0.1, -0.05) is 48.5 Å². The Labute approximate surface area is 274 Å². The second-order valence-electron chi connectivity index (χ2n) is 11.9. The molecule has 1 aromatic heterocycles. The van der Waals surface area contributed by atoms with E-state index in [1.54, 1.807) is 6.92 Å². The Morgan fingerprint density at radius 3 is 2.23 bits per heavy atom. The van der Waals surface area contributed by atoms with Crippen LogP contribution in [0.5, 0.6) is 0 Å². The maximum Gasteiger partial charge on any atom is 0.372 e. The number of nitrogens with zero attached hydrogens (tertiary/aromatic N) is 3. The Bertz CT molecular complexity index is 2060. The van der Waals surface area contributed by atoms with Crippen LogP contribution in [0.2, 0.25) is 0 Å². The number of hydrogen-bond acceptors (Lipinski definition) is 6. The number of aromatic carboxylic acids is 1. The molecule has 4 aromatic carbocycles. The van der Waals surface area contributed by atoms with E-state index in [0.717, 1.165) is 22.4 Å². The summed E-state index contributed by atoms with van der Waals surface area (Å²) in [7, 11) is -4.12. The van der Waals surface area contributed by atoms with E-state index >= 15 is 0 Å². The average molecular weight is 652 g/mol. The summed E-state index contributed by atoms with van der Waals surface area (Å²) in [6.45, 7) is 7.89. The number of carboxylic acids is 1. The van der Waals surface area contributed by atoms with Crippen molar-refractivity contribution in [1.82, 2.24) is 4.90 Å². The summed E-state index contributed by atoms with van der Waals surface area (Å²) in [6, 6.07) is 27.4. The van der Waals surface area contributed by atoms with Gasteiger partial charge in [0.25, 0.3) is 15.9 Å². The third kappa shape index (κ3) is 6.33. The topological polar surface area (TPSA) is 111 Å². The molecule has 9 nitrogen and oxygen atoms in total. The van der Waals surface area contributed by atoms with Crippen LogP contribution in [0.15, 0.2) is 100 Å². The largest absolute Gasteiger partial charge is 0.475 e. The molecular weight excluding hydrogens is 614 g/mol. The molecule has 1 saturated heterocycles. The van der Waals surface area contributed by atoms with E-state index < -0.39 is 16.0 Å². The molecule has 1 aliphatic rings. The Hall–Kier alpha value is -5.09. The third-order valence-electron chi connectivity index (χ3n) is 8.95. The summed E-state index contributed by atoms with van der Waals surface area (Å²) in [6.07, 6.45) is 0.475. The number of aryl methyl sites for hydroxylation is 3. The lowest BCUT2D eigenvalue weighted by Crippen LogP contribution is -2.49. The minimum Gasteiger partial charge on any atom is -0.475 e. The molecule has 1 aliphatic heterocycles. The number of anilines is 2. The fourth-order valence-electron chi connectivity index (χ4n) is 6.09. The van der Waals surface area contributed by atoms with Crippen molar-refractivity contribution >= 4 is 44.2 Å². The van der Waals surface area contributed by atoms with Crippen molar-refractivity contribution in [2.24, 2.45) is 0 Å². The van der Waals surface area contributed by atoms with Gasteiger partial charge in [-0.15, -0.1) is 0 Å². The fraction of sp³-hybridized carbons (Fsp3) is 0.243. The van der Waals surface area contributed by atoms with Crippen LogP contribution in [0, 0.1) is 20.8 Å². The lowest BCUT2D eigenvalue weighted by atomic mass is 10.1. The minimum atomic E-state index is -4.12.